The molecule has 0 fully saturated rings. The van der Waals surface area contributed by atoms with Crippen molar-refractivity contribution in [1.29, 1.82) is 0 Å². The standard InChI is InChI=1S/C21H39N2.ClH/c1-5-9-12-20(8-4)19-22-17-13-21(14-18-22)23(15-10-6-2)16-11-7-3;/h13-14,17-18,20H,5-12,15-16,19H2,1-4H3;1H/q+1;/p-1. The van der Waals surface area contributed by atoms with Crippen LogP contribution in [0.4, 0.5) is 5.69 Å². The number of hydrogen-bond acceptors (Lipinski definition) is 1. The van der Waals surface area contributed by atoms with E-state index in [4.69, 9.17) is 0 Å². The van der Waals surface area contributed by atoms with E-state index in [0.29, 0.717) is 0 Å². The summed E-state index contributed by atoms with van der Waals surface area (Å²) < 4.78 is 2.38. The number of nitrogens with zero attached hydrogens (tertiary/aromatic N) is 2. The third kappa shape index (κ3) is 8.92. The molecule has 1 atom stereocenters. The number of hydrogen-bond donors (Lipinski definition) is 0. The molecule has 0 aliphatic carbocycles. The fourth-order valence-electron chi connectivity index (χ4n) is 3.07. The van der Waals surface area contributed by atoms with Gasteiger partial charge in [0.1, 0.15) is 0 Å². The third-order valence-electron chi connectivity index (χ3n) is 4.81. The monoisotopic (exact) mass is 354 g/mol. The maximum atomic E-state index is 2.56. The van der Waals surface area contributed by atoms with Gasteiger partial charge >= 0.3 is 0 Å². The molecular formula is C21H39ClN2. The van der Waals surface area contributed by atoms with Gasteiger partial charge in [-0.05, 0) is 25.7 Å². The summed E-state index contributed by atoms with van der Waals surface area (Å²) in [4.78, 5) is 2.56. The van der Waals surface area contributed by atoms with Crippen LogP contribution in [-0.4, -0.2) is 13.1 Å². The Morgan fingerprint density at radius 1 is 0.875 bits per heavy atom. The molecule has 1 rings (SSSR count). The van der Waals surface area contributed by atoms with Gasteiger partial charge in [0.05, 0.1) is 0 Å². The van der Waals surface area contributed by atoms with Crippen LogP contribution in [-0.2, 0) is 6.54 Å². The molecule has 0 N–H and O–H groups in total. The number of anilines is 1. The summed E-state index contributed by atoms with van der Waals surface area (Å²) in [5, 5.41) is 0. The molecule has 3 heteroatoms. The fraction of sp³-hybridized carbons (Fsp3) is 0.762. The largest absolute Gasteiger partial charge is 1.00 e. The lowest BCUT2D eigenvalue weighted by Gasteiger charge is -2.24. The van der Waals surface area contributed by atoms with Crippen LogP contribution < -0.4 is 21.9 Å². The van der Waals surface area contributed by atoms with E-state index in [1.807, 2.05) is 0 Å². The Morgan fingerprint density at radius 2 is 1.42 bits per heavy atom. The highest BCUT2D eigenvalue weighted by atomic mass is 35.5. The van der Waals surface area contributed by atoms with Gasteiger partial charge in [-0.3, -0.25) is 0 Å². The van der Waals surface area contributed by atoms with Crippen molar-refractivity contribution in [3.05, 3.63) is 24.5 Å². The molecule has 1 unspecified atom stereocenters. The molecule has 140 valence electrons. The smallest absolute Gasteiger partial charge is 0.170 e. The molecule has 0 aromatic carbocycles. The summed E-state index contributed by atoms with van der Waals surface area (Å²) in [6.45, 7) is 12.7. The summed E-state index contributed by atoms with van der Waals surface area (Å²) in [6, 6.07) is 4.63. The van der Waals surface area contributed by atoms with Gasteiger partial charge in [0.2, 0.25) is 0 Å². The number of unbranched alkanes of at least 4 members (excludes halogenated alkanes) is 3. The fourth-order valence-corrected chi connectivity index (χ4v) is 3.07. The average Bonchev–Trinajstić information content (AvgIpc) is 2.59. The molecule has 2 nitrogen and oxygen atoms in total. The summed E-state index contributed by atoms with van der Waals surface area (Å²) >= 11 is 0. The molecule has 1 aromatic heterocycles. The first-order valence-corrected chi connectivity index (χ1v) is 9.99. The van der Waals surface area contributed by atoms with E-state index in [0.717, 1.165) is 5.92 Å². The number of halogens is 1. The van der Waals surface area contributed by atoms with Crippen molar-refractivity contribution in [3.8, 4) is 0 Å². The van der Waals surface area contributed by atoms with Crippen LogP contribution in [0.15, 0.2) is 24.5 Å². The Morgan fingerprint density at radius 3 is 1.88 bits per heavy atom. The van der Waals surface area contributed by atoms with Crippen LogP contribution in [0.5, 0.6) is 0 Å². The summed E-state index contributed by atoms with van der Waals surface area (Å²) in [5.41, 5.74) is 1.39. The number of aromatic nitrogens is 1. The molecule has 0 aliphatic heterocycles. The molecule has 0 saturated heterocycles. The lowest BCUT2D eigenvalue weighted by molar-refractivity contribution is -0.703. The van der Waals surface area contributed by atoms with Crippen LogP contribution in [0.1, 0.15) is 79.1 Å². The molecule has 0 saturated carbocycles. The van der Waals surface area contributed by atoms with Gasteiger partial charge in [-0.2, -0.15) is 0 Å². The lowest BCUT2D eigenvalue weighted by Crippen LogP contribution is -3.00. The zero-order chi connectivity index (χ0) is 16.9. The predicted octanol–water partition coefficient (Wildman–Crippen LogP) is 2.60. The predicted molar refractivity (Wildman–Crippen MR) is 102 cm³/mol. The van der Waals surface area contributed by atoms with E-state index < -0.39 is 0 Å². The number of rotatable bonds is 13. The topological polar surface area (TPSA) is 7.12 Å². The molecule has 0 bridgehead atoms. The lowest BCUT2D eigenvalue weighted by atomic mass is 9.99. The molecule has 0 spiro atoms. The minimum atomic E-state index is 0. The second-order valence-electron chi connectivity index (χ2n) is 6.86. The van der Waals surface area contributed by atoms with Gasteiger partial charge < -0.3 is 17.3 Å². The highest BCUT2D eigenvalue weighted by Crippen LogP contribution is 2.15. The molecule has 0 aliphatic rings. The van der Waals surface area contributed by atoms with Gasteiger partial charge in [-0.25, -0.2) is 4.57 Å². The average molecular weight is 355 g/mol. The van der Waals surface area contributed by atoms with Crippen LogP contribution >= 0.6 is 0 Å². The highest BCUT2D eigenvalue weighted by Gasteiger charge is 2.13. The Labute approximate surface area is 157 Å². The first-order chi connectivity index (χ1) is 11.2. The maximum absolute atomic E-state index is 2.56. The van der Waals surface area contributed by atoms with Crippen LogP contribution in [0, 0.1) is 5.92 Å². The molecule has 0 radical (unpaired) electrons. The van der Waals surface area contributed by atoms with E-state index in [1.165, 1.54) is 76.7 Å². The molecule has 0 amide bonds. The highest BCUT2D eigenvalue weighted by molar-refractivity contribution is 5.43. The summed E-state index contributed by atoms with van der Waals surface area (Å²) in [5.74, 6) is 0.821. The van der Waals surface area contributed by atoms with E-state index in [1.54, 1.807) is 0 Å². The summed E-state index contributed by atoms with van der Waals surface area (Å²) in [6.07, 6.45) is 15.0. The third-order valence-corrected chi connectivity index (χ3v) is 4.81. The maximum Gasteiger partial charge on any atom is 0.170 e. The zero-order valence-corrected chi connectivity index (χ0v) is 17.2. The zero-order valence-electron chi connectivity index (χ0n) is 16.4. The van der Waals surface area contributed by atoms with E-state index >= 15 is 0 Å². The van der Waals surface area contributed by atoms with E-state index in [-0.39, 0.29) is 12.4 Å². The normalized spacial score (nSPS) is 11.8. The first-order valence-electron chi connectivity index (χ1n) is 9.99. The molecule has 1 aromatic rings. The van der Waals surface area contributed by atoms with Gasteiger partial charge in [-0.1, -0.05) is 53.4 Å². The molecule has 24 heavy (non-hydrogen) atoms. The quantitative estimate of drug-likeness (QED) is 0.494. The van der Waals surface area contributed by atoms with Crippen molar-refractivity contribution in [2.45, 2.75) is 85.6 Å². The van der Waals surface area contributed by atoms with Crippen LogP contribution in [0.2, 0.25) is 0 Å². The van der Waals surface area contributed by atoms with Crippen molar-refractivity contribution in [1.82, 2.24) is 0 Å². The van der Waals surface area contributed by atoms with Crippen molar-refractivity contribution >= 4 is 5.69 Å². The van der Waals surface area contributed by atoms with Gasteiger partial charge in [0.25, 0.3) is 0 Å². The second-order valence-corrected chi connectivity index (χ2v) is 6.86. The first kappa shape index (κ1) is 23.2. The Bertz CT molecular complexity index is 383. The minimum absolute atomic E-state index is 0. The van der Waals surface area contributed by atoms with Gasteiger partial charge in [0.15, 0.2) is 18.9 Å². The van der Waals surface area contributed by atoms with Crippen LogP contribution in [0.25, 0.3) is 0 Å². The van der Waals surface area contributed by atoms with E-state index in [9.17, 15) is 0 Å². The van der Waals surface area contributed by atoms with Gasteiger partial charge in [0, 0.05) is 36.8 Å². The van der Waals surface area contributed by atoms with Crippen molar-refractivity contribution in [3.63, 3.8) is 0 Å². The van der Waals surface area contributed by atoms with Crippen LogP contribution in [0.3, 0.4) is 0 Å². The molecular weight excluding hydrogens is 316 g/mol. The Hall–Kier alpha value is -0.760. The molecule has 1 heterocycles. The Balaban J connectivity index is 0.00000529. The minimum Gasteiger partial charge on any atom is -1.00 e. The summed E-state index contributed by atoms with van der Waals surface area (Å²) in [7, 11) is 0. The number of pyridine rings is 1. The van der Waals surface area contributed by atoms with Crippen molar-refractivity contribution < 1.29 is 17.0 Å². The SMILES string of the molecule is CCCCC(CC)C[n+]1ccc(N(CCCC)CCCC)cc1.[Cl-]. The van der Waals surface area contributed by atoms with Gasteiger partial charge in [-0.15, -0.1) is 0 Å². The van der Waals surface area contributed by atoms with E-state index in [2.05, 4.69) is 61.7 Å². The van der Waals surface area contributed by atoms with Crippen molar-refractivity contribution in [2.24, 2.45) is 5.92 Å². The van der Waals surface area contributed by atoms with Crippen molar-refractivity contribution in [2.75, 3.05) is 18.0 Å². The second kappa shape index (κ2) is 14.6. The Kier molecular flexibility index (Phi) is 14.1.